The summed E-state index contributed by atoms with van der Waals surface area (Å²) < 4.78 is 7.46. The van der Waals surface area contributed by atoms with E-state index in [-0.39, 0.29) is 30.4 Å². The number of urea groups is 1. The van der Waals surface area contributed by atoms with E-state index in [4.69, 9.17) is 4.74 Å². The van der Waals surface area contributed by atoms with Crippen molar-refractivity contribution in [2.75, 3.05) is 18.0 Å². The molecule has 1 aromatic carbocycles. The molecule has 1 N–H and O–H groups in total. The number of piperazine rings is 1. The van der Waals surface area contributed by atoms with E-state index >= 15 is 0 Å². The van der Waals surface area contributed by atoms with Gasteiger partial charge in [-0.2, -0.15) is 0 Å². The van der Waals surface area contributed by atoms with Crippen LogP contribution in [0.25, 0.3) is 5.69 Å². The van der Waals surface area contributed by atoms with E-state index in [0.717, 1.165) is 16.9 Å². The first-order chi connectivity index (χ1) is 14.5. The van der Waals surface area contributed by atoms with Crippen LogP contribution < -0.4 is 10.2 Å². The standard InChI is InChI=1S/C23H31N5O3/c1-14-8-7-9-17-20(14)27(22(30)26-10-15(2)25-16(3)11-26)12-18-19(24-13-28(17)18)21(29)31-23(4,5)6/h7-9,13,15-16,25H,10-12H2,1-6H3/t15-,16+. The maximum absolute atomic E-state index is 13.7. The number of rotatable bonds is 1. The summed E-state index contributed by atoms with van der Waals surface area (Å²) in [5.41, 5.74) is 2.98. The number of carbonyl (C=O) groups excluding carboxylic acids is 2. The molecule has 1 saturated heterocycles. The van der Waals surface area contributed by atoms with Crippen LogP contribution in [-0.2, 0) is 11.3 Å². The van der Waals surface area contributed by atoms with Crippen molar-refractivity contribution in [2.45, 2.75) is 65.8 Å². The summed E-state index contributed by atoms with van der Waals surface area (Å²) in [7, 11) is 0. The highest BCUT2D eigenvalue weighted by atomic mass is 16.6. The Labute approximate surface area is 183 Å². The number of nitrogens with zero attached hydrogens (tertiary/aromatic N) is 4. The van der Waals surface area contributed by atoms with Crippen LogP contribution in [0.1, 0.15) is 56.4 Å². The number of amides is 2. The molecule has 3 heterocycles. The highest BCUT2D eigenvalue weighted by Crippen LogP contribution is 2.37. The molecule has 2 aliphatic heterocycles. The number of hydrogen-bond donors (Lipinski definition) is 1. The maximum Gasteiger partial charge on any atom is 0.359 e. The highest BCUT2D eigenvalue weighted by molar-refractivity contribution is 5.97. The summed E-state index contributed by atoms with van der Waals surface area (Å²) in [5, 5.41) is 3.47. The van der Waals surface area contributed by atoms with E-state index in [0.29, 0.717) is 18.8 Å². The predicted molar refractivity (Wildman–Crippen MR) is 119 cm³/mol. The molecule has 8 nitrogen and oxygen atoms in total. The van der Waals surface area contributed by atoms with E-state index in [1.54, 1.807) is 11.2 Å². The molecule has 0 bridgehead atoms. The van der Waals surface area contributed by atoms with Crippen molar-refractivity contribution in [1.82, 2.24) is 19.8 Å². The number of esters is 1. The average molecular weight is 426 g/mol. The Morgan fingerprint density at radius 3 is 2.48 bits per heavy atom. The van der Waals surface area contributed by atoms with E-state index in [9.17, 15) is 9.59 Å². The SMILES string of the molecule is Cc1cccc2c1N(C(=O)N1C[C@@H](C)N[C@@H](C)C1)Cc1c(C(=O)OC(C)(C)C)ncn1-2. The van der Waals surface area contributed by atoms with Crippen LogP contribution in [-0.4, -0.2) is 57.2 Å². The Bertz CT molecular complexity index is 1010. The lowest BCUT2D eigenvalue weighted by Crippen LogP contribution is -2.59. The zero-order chi connectivity index (χ0) is 22.5. The van der Waals surface area contributed by atoms with Crippen LogP contribution in [0, 0.1) is 6.92 Å². The molecule has 0 unspecified atom stereocenters. The van der Waals surface area contributed by atoms with Crippen LogP contribution in [0.5, 0.6) is 0 Å². The van der Waals surface area contributed by atoms with Gasteiger partial charge in [0.25, 0.3) is 0 Å². The molecule has 0 saturated carbocycles. The fourth-order valence-corrected chi connectivity index (χ4v) is 4.46. The molecule has 8 heteroatoms. The lowest BCUT2D eigenvalue weighted by atomic mass is 10.1. The van der Waals surface area contributed by atoms with Crippen LogP contribution >= 0.6 is 0 Å². The number of aryl methyl sites for hydroxylation is 1. The molecule has 2 atom stereocenters. The topological polar surface area (TPSA) is 79.7 Å². The van der Waals surface area contributed by atoms with Gasteiger partial charge in [-0.25, -0.2) is 14.6 Å². The number of hydrogen-bond acceptors (Lipinski definition) is 5. The third kappa shape index (κ3) is 4.04. The number of para-hydroxylation sites is 1. The van der Waals surface area contributed by atoms with E-state index < -0.39 is 11.6 Å². The Hall–Kier alpha value is -2.87. The number of nitrogens with one attached hydrogen (secondary N) is 1. The van der Waals surface area contributed by atoms with Gasteiger partial charge in [-0.3, -0.25) is 9.47 Å². The van der Waals surface area contributed by atoms with Gasteiger partial charge in [-0.1, -0.05) is 12.1 Å². The predicted octanol–water partition coefficient (Wildman–Crippen LogP) is 3.26. The summed E-state index contributed by atoms with van der Waals surface area (Å²) >= 11 is 0. The van der Waals surface area contributed by atoms with Gasteiger partial charge in [0, 0.05) is 25.2 Å². The Balaban J connectivity index is 1.75. The summed E-state index contributed by atoms with van der Waals surface area (Å²) in [6, 6.07) is 6.29. The van der Waals surface area contributed by atoms with Gasteiger partial charge in [-0.15, -0.1) is 0 Å². The second-order valence-electron chi connectivity index (χ2n) is 9.60. The van der Waals surface area contributed by atoms with Crippen LogP contribution in [0.2, 0.25) is 0 Å². The van der Waals surface area contributed by atoms with E-state index in [2.05, 4.69) is 24.1 Å². The van der Waals surface area contributed by atoms with Crippen molar-refractivity contribution in [2.24, 2.45) is 0 Å². The van der Waals surface area contributed by atoms with Gasteiger partial charge in [0.2, 0.25) is 0 Å². The van der Waals surface area contributed by atoms with Crippen molar-refractivity contribution in [1.29, 1.82) is 0 Å². The molecule has 0 radical (unpaired) electrons. The Kier molecular flexibility index (Phi) is 5.29. The number of imidazole rings is 1. The summed E-state index contributed by atoms with van der Waals surface area (Å²) in [5.74, 6) is -0.478. The Morgan fingerprint density at radius 2 is 1.84 bits per heavy atom. The second-order valence-corrected chi connectivity index (χ2v) is 9.60. The smallest absolute Gasteiger partial charge is 0.359 e. The first-order valence-corrected chi connectivity index (χ1v) is 10.8. The highest BCUT2D eigenvalue weighted by Gasteiger charge is 2.36. The number of fused-ring (bicyclic) bond motifs is 3. The summed E-state index contributed by atoms with van der Waals surface area (Å²) in [4.78, 5) is 34.5. The van der Waals surface area contributed by atoms with Crippen molar-refractivity contribution >= 4 is 17.7 Å². The minimum Gasteiger partial charge on any atom is -0.455 e. The van der Waals surface area contributed by atoms with E-state index in [1.165, 1.54) is 0 Å². The van der Waals surface area contributed by atoms with E-state index in [1.807, 2.05) is 55.4 Å². The van der Waals surface area contributed by atoms with Crippen molar-refractivity contribution in [3.05, 3.63) is 41.5 Å². The first kappa shape index (κ1) is 21.4. The molecule has 2 amide bonds. The number of aromatic nitrogens is 2. The minimum atomic E-state index is -0.626. The van der Waals surface area contributed by atoms with Gasteiger partial charge in [0.15, 0.2) is 5.69 Å². The normalized spacial score (nSPS) is 20.8. The zero-order valence-electron chi connectivity index (χ0n) is 19.1. The molecule has 166 valence electrons. The largest absolute Gasteiger partial charge is 0.455 e. The number of benzene rings is 1. The fraction of sp³-hybridized carbons (Fsp3) is 0.522. The summed E-state index contributed by atoms with van der Waals surface area (Å²) in [6.45, 7) is 13.2. The number of anilines is 1. The van der Waals surface area contributed by atoms with Crippen molar-refractivity contribution in [3.63, 3.8) is 0 Å². The lowest BCUT2D eigenvalue weighted by Gasteiger charge is -2.41. The third-order valence-electron chi connectivity index (χ3n) is 5.57. The first-order valence-electron chi connectivity index (χ1n) is 10.8. The van der Waals surface area contributed by atoms with Crippen LogP contribution in [0.15, 0.2) is 24.5 Å². The maximum atomic E-state index is 13.7. The lowest BCUT2D eigenvalue weighted by molar-refractivity contribution is 0.00619. The van der Waals surface area contributed by atoms with Gasteiger partial charge >= 0.3 is 12.0 Å². The van der Waals surface area contributed by atoms with Crippen LogP contribution in [0.4, 0.5) is 10.5 Å². The third-order valence-corrected chi connectivity index (χ3v) is 5.57. The molecular formula is C23H31N5O3. The van der Waals surface area contributed by atoms with Crippen LogP contribution in [0.3, 0.4) is 0 Å². The molecule has 1 aromatic heterocycles. The molecule has 0 spiro atoms. The van der Waals surface area contributed by atoms with Gasteiger partial charge in [0.1, 0.15) is 11.9 Å². The fourth-order valence-electron chi connectivity index (χ4n) is 4.46. The van der Waals surface area contributed by atoms with Crippen molar-refractivity contribution in [3.8, 4) is 5.69 Å². The molecule has 2 aromatic rings. The number of ether oxygens (including phenoxy) is 1. The van der Waals surface area contributed by atoms with Gasteiger partial charge in [0.05, 0.1) is 23.6 Å². The molecule has 0 aliphatic carbocycles. The Morgan fingerprint density at radius 1 is 1.16 bits per heavy atom. The molecular weight excluding hydrogens is 394 g/mol. The monoisotopic (exact) mass is 425 g/mol. The second kappa shape index (κ2) is 7.67. The van der Waals surface area contributed by atoms with Crippen molar-refractivity contribution < 1.29 is 14.3 Å². The molecule has 31 heavy (non-hydrogen) atoms. The zero-order valence-corrected chi connectivity index (χ0v) is 19.1. The average Bonchev–Trinajstić information content (AvgIpc) is 3.09. The molecule has 4 rings (SSSR count). The molecule has 2 aliphatic rings. The minimum absolute atomic E-state index is 0.0571. The van der Waals surface area contributed by atoms with Gasteiger partial charge < -0.3 is 15.0 Å². The molecule has 1 fully saturated rings. The quantitative estimate of drug-likeness (QED) is 0.710. The van der Waals surface area contributed by atoms with Gasteiger partial charge in [-0.05, 0) is 53.2 Å². The number of carbonyl (C=O) groups is 2. The summed E-state index contributed by atoms with van der Waals surface area (Å²) in [6.07, 6.45) is 1.64.